The van der Waals surface area contributed by atoms with Gasteiger partial charge in [0.25, 0.3) is 0 Å². The zero-order valence-electron chi connectivity index (χ0n) is 14.3. The van der Waals surface area contributed by atoms with Crippen LogP contribution in [-0.2, 0) is 4.74 Å². The third-order valence-corrected chi connectivity index (χ3v) is 4.02. The fourth-order valence-electron chi connectivity index (χ4n) is 2.44. The van der Waals surface area contributed by atoms with Crippen molar-refractivity contribution in [3.05, 3.63) is 12.2 Å². The summed E-state index contributed by atoms with van der Waals surface area (Å²) in [5.74, 6) is 0. The molecule has 120 valence electrons. The quantitative estimate of drug-likeness (QED) is 0.241. The fourth-order valence-corrected chi connectivity index (χ4v) is 2.44. The Morgan fingerprint density at radius 2 is 1.25 bits per heavy atom. The summed E-state index contributed by atoms with van der Waals surface area (Å²) in [6.07, 6.45) is 22.8. The van der Waals surface area contributed by atoms with Crippen LogP contribution in [0, 0.1) is 0 Å². The first-order valence-electron chi connectivity index (χ1n) is 8.99. The molecular weight excluding hydrogens is 244 g/mol. The van der Waals surface area contributed by atoms with Gasteiger partial charge in [-0.25, -0.2) is 0 Å². The van der Waals surface area contributed by atoms with Crippen molar-refractivity contribution in [1.29, 1.82) is 0 Å². The summed E-state index contributed by atoms with van der Waals surface area (Å²) in [6, 6.07) is 0. The number of unbranched alkanes of at least 4 members (excludes halogenated alkanes) is 10. The van der Waals surface area contributed by atoms with Crippen LogP contribution in [0.25, 0.3) is 0 Å². The van der Waals surface area contributed by atoms with E-state index in [0.29, 0.717) is 6.10 Å². The third kappa shape index (κ3) is 15.8. The second-order valence-corrected chi connectivity index (χ2v) is 6.07. The minimum atomic E-state index is 0.444. The predicted octanol–water partition coefficient (Wildman–Crippen LogP) is 6.67. The van der Waals surface area contributed by atoms with Gasteiger partial charge < -0.3 is 4.74 Å². The van der Waals surface area contributed by atoms with Crippen molar-refractivity contribution in [2.75, 3.05) is 7.11 Å². The van der Waals surface area contributed by atoms with E-state index in [2.05, 4.69) is 26.0 Å². The summed E-state index contributed by atoms with van der Waals surface area (Å²) in [5.41, 5.74) is 0. The van der Waals surface area contributed by atoms with Gasteiger partial charge in [-0.15, -0.1) is 0 Å². The van der Waals surface area contributed by atoms with Crippen LogP contribution >= 0.6 is 0 Å². The molecule has 0 bridgehead atoms. The minimum Gasteiger partial charge on any atom is -0.382 e. The Hall–Kier alpha value is -0.300. The number of rotatable bonds is 15. The maximum Gasteiger partial charge on any atom is 0.0543 e. The molecular formula is C19H38O. The van der Waals surface area contributed by atoms with E-state index in [0.717, 1.165) is 0 Å². The maximum absolute atomic E-state index is 5.26. The first-order chi connectivity index (χ1) is 9.81. The van der Waals surface area contributed by atoms with Gasteiger partial charge >= 0.3 is 0 Å². The molecule has 1 heteroatoms. The Morgan fingerprint density at radius 1 is 0.750 bits per heavy atom. The standard InChI is InChI=1S/C19H38O/c1-4-5-6-7-8-9-10-11-12-13-14-15-16-17-18-19(2)20-3/h8-9,19H,4-7,10-18H2,1-3H3. The third-order valence-electron chi connectivity index (χ3n) is 4.02. The molecule has 0 radical (unpaired) electrons. The highest BCUT2D eigenvalue weighted by molar-refractivity contribution is 4.81. The lowest BCUT2D eigenvalue weighted by atomic mass is 10.1. The monoisotopic (exact) mass is 282 g/mol. The molecule has 1 nitrogen and oxygen atoms in total. The first-order valence-corrected chi connectivity index (χ1v) is 8.99. The van der Waals surface area contributed by atoms with Crippen molar-refractivity contribution in [3.8, 4) is 0 Å². The van der Waals surface area contributed by atoms with Crippen molar-refractivity contribution in [2.24, 2.45) is 0 Å². The maximum atomic E-state index is 5.26. The van der Waals surface area contributed by atoms with E-state index in [9.17, 15) is 0 Å². The number of methoxy groups -OCH3 is 1. The molecule has 0 heterocycles. The van der Waals surface area contributed by atoms with Crippen LogP contribution in [0.3, 0.4) is 0 Å². The fraction of sp³-hybridized carbons (Fsp3) is 0.895. The van der Waals surface area contributed by atoms with Crippen LogP contribution in [-0.4, -0.2) is 13.2 Å². The molecule has 0 aromatic rings. The van der Waals surface area contributed by atoms with E-state index >= 15 is 0 Å². The van der Waals surface area contributed by atoms with Crippen LogP contribution in [0.5, 0.6) is 0 Å². The van der Waals surface area contributed by atoms with E-state index < -0.39 is 0 Å². The zero-order valence-corrected chi connectivity index (χ0v) is 14.3. The molecule has 0 aliphatic heterocycles. The molecule has 0 aliphatic rings. The van der Waals surface area contributed by atoms with Gasteiger partial charge in [0.1, 0.15) is 0 Å². The average molecular weight is 283 g/mol. The minimum absolute atomic E-state index is 0.444. The molecule has 1 atom stereocenters. The Kier molecular flexibility index (Phi) is 16.5. The summed E-state index contributed by atoms with van der Waals surface area (Å²) in [7, 11) is 1.81. The summed E-state index contributed by atoms with van der Waals surface area (Å²) in [4.78, 5) is 0. The van der Waals surface area contributed by atoms with Gasteiger partial charge in [-0.2, -0.15) is 0 Å². The molecule has 20 heavy (non-hydrogen) atoms. The highest BCUT2D eigenvalue weighted by Gasteiger charge is 1.98. The largest absolute Gasteiger partial charge is 0.382 e. The molecule has 1 unspecified atom stereocenters. The smallest absolute Gasteiger partial charge is 0.0543 e. The molecule has 0 saturated heterocycles. The van der Waals surface area contributed by atoms with Crippen molar-refractivity contribution in [1.82, 2.24) is 0 Å². The Bertz CT molecular complexity index is 198. The van der Waals surface area contributed by atoms with E-state index in [1.54, 1.807) is 0 Å². The molecule has 0 aliphatic carbocycles. The van der Waals surface area contributed by atoms with E-state index in [4.69, 9.17) is 4.74 Å². The molecule has 0 saturated carbocycles. The molecule has 0 fully saturated rings. The molecule has 0 amide bonds. The van der Waals surface area contributed by atoms with E-state index in [1.807, 2.05) is 7.11 Å². The van der Waals surface area contributed by atoms with Crippen LogP contribution in [0.2, 0.25) is 0 Å². The molecule has 0 N–H and O–H groups in total. The molecule has 0 aromatic carbocycles. The van der Waals surface area contributed by atoms with Crippen molar-refractivity contribution < 1.29 is 4.74 Å². The van der Waals surface area contributed by atoms with Crippen LogP contribution in [0.1, 0.15) is 97.3 Å². The lowest BCUT2D eigenvalue weighted by Gasteiger charge is -2.08. The highest BCUT2D eigenvalue weighted by atomic mass is 16.5. The summed E-state index contributed by atoms with van der Waals surface area (Å²) in [6.45, 7) is 4.43. The SMILES string of the molecule is CCCCCC=CCCCCCCCCCC(C)OC. The van der Waals surface area contributed by atoms with Gasteiger partial charge in [0, 0.05) is 7.11 Å². The van der Waals surface area contributed by atoms with E-state index in [1.165, 1.54) is 83.5 Å². The van der Waals surface area contributed by atoms with Gasteiger partial charge in [0.2, 0.25) is 0 Å². The number of hydrogen-bond acceptors (Lipinski definition) is 1. The van der Waals surface area contributed by atoms with Crippen molar-refractivity contribution in [3.63, 3.8) is 0 Å². The van der Waals surface area contributed by atoms with Gasteiger partial charge in [-0.05, 0) is 39.0 Å². The molecule has 0 rings (SSSR count). The topological polar surface area (TPSA) is 9.23 Å². The zero-order chi connectivity index (χ0) is 14.9. The second kappa shape index (κ2) is 16.8. The highest BCUT2D eigenvalue weighted by Crippen LogP contribution is 2.11. The Balaban J connectivity index is 3.06. The number of ether oxygens (including phenoxy) is 1. The van der Waals surface area contributed by atoms with Crippen LogP contribution < -0.4 is 0 Å². The number of allylic oxidation sites excluding steroid dienone is 2. The Labute approximate surface area is 128 Å². The summed E-state index contributed by atoms with van der Waals surface area (Å²) in [5, 5.41) is 0. The lowest BCUT2D eigenvalue weighted by molar-refractivity contribution is 0.108. The number of hydrogen-bond donors (Lipinski definition) is 0. The average Bonchev–Trinajstić information content (AvgIpc) is 2.47. The van der Waals surface area contributed by atoms with Gasteiger partial charge in [-0.3, -0.25) is 0 Å². The van der Waals surface area contributed by atoms with Gasteiger partial charge in [0.05, 0.1) is 6.10 Å². The van der Waals surface area contributed by atoms with Gasteiger partial charge in [0.15, 0.2) is 0 Å². The van der Waals surface area contributed by atoms with Gasteiger partial charge in [-0.1, -0.05) is 70.4 Å². The molecule has 0 aromatic heterocycles. The van der Waals surface area contributed by atoms with Crippen LogP contribution in [0.15, 0.2) is 12.2 Å². The summed E-state index contributed by atoms with van der Waals surface area (Å²) >= 11 is 0. The Morgan fingerprint density at radius 3 is 1.80 bits per heavy atom. The second-order valence-electron chi connectivity index (χ2n) is 6.07. The van der Waals surface area contributed by atoms with Crippen molar-refractivity contribution >= 4 is 0 Å². The normalized spacial score (nSPS) is 13.2. The first kappa shape index (κ1) is 19.7. The summed E-state index contributed by atoms with van der Waals surface area (Å²) < 4.78 is 5.26. The lowest BCUT2D eigenvalue weighted by Crippen LogP contribution is -2.03. The molecule has 0 spiro atoms. The van der Waals surface area contributed by atoms with Crippen LogP contribution in [0.4, 0.5) is 0 Å². The van der Waals surface area contributed by atoms with Crippen molar-refractivity contribution in [2.45, 2.75) is 103 Å². The van der Waals surface area contributed by atoms with E-state index in [-0.39, 0.29) is 0 Å². The predicted molar refractivity (Wildman–Crippen MR) is 91.3 cm³/mol.